The molecule has 1 aromatic heterocycles. The first-order chi connectivity index (χ1) is 15.4. The maximum absolute atomic E-state index is 5.97. The molecule has 0 aliphatic carbocycles. The van der Waals surface area contributed by atoms with Gasteiger partial charge in [-0.2, -0.15) is 4.57 Å². The number of hydrogen-bond acceptors (Lipinski definition) is 5. The molecule has 0 saturated heterocycles. The molecule has 0 spiro atoms. The van der Waals surface area contributed by atoms with Crippen LogP contribution in [0.4, 0.5) is 0 Å². The van der Waals surface area contributed by atoms with Gasteiger partial charge in [-0.25, -0.2) is 0 Å². The number of aromatic nitrogens is 1. The average molecular weight is 423 g/mol. The topological polar surface area (TPSA) is 50.0 Å². The van der Waals surface area contributed by atoms with E-state index in [1.165, 1.54) is 11.1 Å². The van der Waals surface area contributed by atoms with Crippen molar-refractivity contribution in [3.05, 3.63) is 73.1 Å². The number of ether oxygens (including phenoxy) is 5. The molecule has 0 N–H and O–H groups in total. The maximum atomic E-state index is 5.97. The van der Waals surface area contributed by atoms with Gasteiger partial charge < -0.3 is 23.7 Å². The molecular weight excluding hydrogens is 394 g/mol. The fourth-order valence-electron chi connectivity index (χ4n) is 3.27. The first-order valence-electron chi connectivity index (χ1n) is 10.6. The Hall–Kier alpha value is -2.93. The first kappa shape index (κ1) is 21.3. The van der Waals surface area contributed by atoms with Crippen LogP contribution in [0.3, 0.4) is 0 Å². The lowest BCUT2D eigenvalue weighted by Crippen LogP contribution is -2.29. The van der Waals surface area contributed by atoms with Gasteiger partial charge in [-0.3, -0.25) is 0 Å². The summed E-state index contributed by atoms with van der Waals surface area (Å²) < 4.78 is 30.4. The summed E-state index contributed by atoms with van der Waals surface area (Å²) in [5, 5.41) is 0. The Kier molecular flexibility index (Phi) is 7.88. The second-order valence-electron chi connectivity index (χ2n) is 7.03. The lowest BCUT2D eigenvalue weighted by Gasteiger charge is -2.13. The van der Waals surface area contributed by atoms with Gasteiger partial charge in [0, 0.05) is 18.2 Å². The molecule has 6 heteroatoms. The van der Waals surface area contributed by atoms with Crippen molar-refractivity contribution in [2.24, 2.45) is 0 Å². The molecule has 6 nitrogen and oxygen atoms in total. The van der Waals surface area contributed by atoms with Crippen LogP contribution in [0.2, 0.25) is 0 Å². The van der Waals surface area contributed by atoms with E-state index in [4.69, 9.17) is 23.7 Å². The molecule has 0 bridgehead atoms. The summed E-state index contributed by atoms with van der Waals surface area (Å²) in [5.41, 5.74) is 3.36. The highest BCUT2D eigenvalue weighted by molar-refractivity contribution is 5.62. The Morgan fingerprint density at radius 1 is 0.516 bits per heavy atom. The van der Waals surface area contributed by atoms with Crippen LogP contribution >= 0.6 is 0 Å². The molecule has 31 heavy (non-hydrogen) atoms. The van der Waals surface area contributed by atoms with E-state index in [9.17, 15) is 0 Å². The summed E-state index contributed by atoms with van der Waals surface area (Å²) in [7, 11) is 0. The number of pyridine rings is 1. The fourth-order valence-corrected chi connectivity index (χ4v) is 3.27. The zero-order chi connectivity index (χ0) is 21.1. The summed E-state index contributed by atoms with van der Waals surface area (Å²) in [6.07, 6.45) is 4.10. The van der Waals surface area contributed by atoms with E-state index in [1.54, 1.807) is 0 Å². The molecule has 0 saturated carbocycles. The minimum atomic E-state index is 0.438. The van der Waals surface area contributed by atoms with Crippen LogP contribution in [0, 0.1) is 0 Å². The predicted molar refractivity (Wildman–Crippen MR) is 117 cm³/mol. The van der Waals surface area contributed by atoms with Gasteiger partial charge in [0.25, 0.3) is 0 Å². The smallest absolute Gasteiger partial charge is 0.214 e. The van der Waals surface area contributed by atoms with Crippen molar-refractivity contribution in [3.63, 3.8) is 0 Å². The van der Waals surface area contributed by atoms with Crippen molar-refractivity contribution in [2.75, 3.05) is 52.9 Å². The quantitative estimate of drug-likeness (QED) is 0.592. The number of hydrogen-bond donors (Lipinski definition) is 0. The van der Waals surface area contributed by atoms with E-state index in [-0.39, 0.29) is 0 Å². The van der Waals surface area contributed by atoms with Crippen molar-refractivity contribution in [2.45, 2.75) is 0 Å². The lowest BCUT2D eigenvalue weighted by molar-refractivity contribution is -0.595. The Labute approximate surface area is 182 Å². The third kappa shape index (κ3) is 6.28. The number of fused-ring (bicyclic) bond motifs is 1. The molecule has 1 aliphatic heterocycles. The molecule has 0 atom stereocenters. The van der Waals surface area contributed by atoms with Gasteiger partial charge in [0.1, 0.15) is 13.2 Å². The van der Waals surface area contributed by atoms with Crippen LogP contribution in [0.1, 0.15) is 0 Å². The Balaban J connectivity index is 1.49. The molecule has 2 aromatic carbocycles. The second kappa shape index (κ2) is 11.5. The van der Waals surface area contributed by atoms with Gasteiger partial charge in [-0.1, -0.05) is 30.3 Å². The van der Waals surface area contributed by atoms with E-state index in [2.05, 4.69) is 41.2 Å². The van der Waals surface area contributed by atoms with Crippen LogP contribution in [0.15, 0.2) is 73.1 Å². The average Bonchev–Trinajstić information content (AvgIpc) is 2.84. The molecular formula is C25H28NO5+. The van der Waals surface area contributed by atoms with Gasteiger partial charge in [-0.15, -0.1) is 0 Å². The minimum Gasteiger partial charge on any atom is -0.487 e. The third-order valence-corrected chi connectivity index (χ3v) is 4.88. The largest absolute Gasteiger partial charge is 0.487 e. The zero-order valence-corrected chi connectivity index (χ0v) is 17.6. The van der Waals surface area contributed by atoms with E-state index in [0.717, 1.165) is 5.69 Å². The summed E-state index contributed by atoms with van der Waals surface area (Å²) in [6, 6.07) is 20.5. The normalized spacial score (nSPS) is 16.1. The molecule has 0 fully saturated rings. The van der Waals surface area contributed by atoms with Gasteiger partial charge in [-0.05, 0) is 17.2 Å². The zero-order valence-electron chi connectivity index (χ0n) is 17.6. The van der Waals surface area contributed by atoms with Crippen molar-refractivity contribution in [1.29, 1.82) is 0 Å². The SMILES string of the molecule is c1ccc(-c2cc[n+](-c3ccc4c(c3)OCCOCCOCCOCCO4)cc2)cc1. The number of rotatable bonds is 2. The van der Waals surface area contributed by atoms with Crippen molar-refractivity contribution in [1.82, 2.24) is 0 Å². The number of nitrogens with zero attached hydrogens (tertiary/aromatic N) is 1. The van der Waals surface area contributed by atoms with Crippen LogP contribution in [-0.2, 0) is 14.2 Å². The van der Waals surface area contributed by atoms with Crippen molar-refractivity contribution in [3.8, 4) is 28.3 Å². The third-order valence-electron chi connectivity index (χ3n) is 4.88. The van der Waals surface area contributed by atoms with Gasteiger partial charge in [0.15, 0.2) is 23.9 Å². The highest BCUT2D eigenvalue weighted by atomic mass is 16.6. The molecule has 3 aromatic rings. The Morgan fingerprint density at radius 3 is 1.71 bits per heavy atom. The standard InChI is InChI=1S/C25H28NO5/c1-2-4-21(5-3-1)22-8-10-26(11-9-22)23-6-7-24-25(20-23)31-19-17-29-15-13-27-12-14-28-16-18-30-24/h1-11,20H,12-19H2/q+1. The molecule has 4 rings (SSSR count). The molecule has 0 unspecified atom stereocenters. The Morgan fingerprint density at radius 2 is 1.06 bits per heavy atom. The van der Waals surface area contributed by atoms with Crippen LogP contribution < -0.4 is 14.0 Å². The van der Waals surface area contributed by atoms with Crippen LogP contribution in [0.25, 0.3) is 16.8 Å². The van der Waals surface area contributed by atoms with Gasteiger partial charge >= 0.3 is 0 Å². The molecule has 0 amide bonds. The predicted octanol–water partition coefficient (Wildman–Crippen LogP) is 3.45. The van der Waals surface area contributed by atoms with E-state index in [0.29, 0.717) is 64.4 Å². The summed E-state index contributed by atoms with van der Waals surface area (Å²) in [5.74, 6) is 1.38. The highest BCUT2D eigenvalue weighted by Crippen LogP contribution is 2.29. The van der Waals surface area contributed by atoms with Crippen molar-refractivity contribution >= 4 is 0 Å². The Bertz CT molecular complexity index is 930. The van der Waals surface area contributed by atoms with Gasteiger partial charge in [0.05, 0.1) is 45.7 Å². The molecule has 2 heterocycles. The van der Waals surface area contributed by atoms with Crippen LogP contribution in [0.5, 0.6) is 11.5 Å². The summed E-state index contributed by atoms with van der Waals surface area (Å²) >= 11 is 0. The lowest BCUT2D eigenvalue weighted by atomic mass is 10.1. The minimum absolute atomic E-state index is 0.438. The fraction of sp³-hybridized carbons (Fsp3) is 0.320. The monoisotopic (exact) mass is 422 g/mol. The molecule has 0 radical (unpaired) electrons. The highest BCUT2D eigenvalue weighted by Gasteiger charge is 2.13. The summed E-state index contributed by atoms with van der Waals surface area (Å²) in [4.78, 5) is 0. The van der Waals surface area contributed by atoms with E-state index >= 15 is 0 Å². The first-order valence-corrected chi connectivity index (χ1v) is 10.6. The molecule has 1 aliphatic rings. The van der Waals surface area contributed by atoms with Gasteiger partial charge in [0.2, 0.25) is 5.69 Å². The van der Waals surface area contributed by atoms with Crippen molar-refractivity contribution < 1.29 is 28.3 Å². The number of benzene rings is 2. The van der Waals surface area contributed by atoms with E-state index in [1.807, 2.05) is 36.4 Å². The molecule has 162 valence electrons. The van der Waals surface area contributed by atoms with E-state index < -0.39 is 0 Å². The second-order valence-corrected chi connectivity index (χ2v) is 7.03. The van der Waals surface area contributed by atoms with Crippen LogP contribution in [-0.4, -0.2) is 52.9 Å². The summed E-state index contributed by atoms with van der Waals surface area (Å²) in [6.45, 7) is 4.06. The maximum Gasteiger partial charge on any atom is 0.214 e.